The van der Waals surface area contributed by atoms with Crippen LogP contribution in [0.3, 0.4) is 0 Å². The lowest BCUT2D eigenvalue weighted by molar-refractivity contribution is 0.662. The molecular formula is C75H38N4O4. The lowest BCUT2D eigenvalue weighted by atomic mass is 9.78. The molecule has 0 saturated heterocycles. The van der Waals surface area contributed by atoms with Crippen LogP contribution in [-0.4, -0.2) is 9.13 Å². The number of nitrogens with zero attached hydrogens (tertiary/aromatic N) is 4. The van der Waals surface area contributed by atoms with Gasteiger partial charge in [0.25, 0.3) is 0 Å². The van der Waals surface area contributed by atoms with Gasteiger partial charge in [-0.1, -0.05) is 170 Å². The van der Waals surface area contributed by atoms with E-state index in [-0.39, 0.29) is 0 Å². The van der Waals surface area contributed by atoms with Crippen molar-refractivity contribution in [3.05, 3.63) is 252 Å². The lowest BCUT2D eigenvalue weighted by Gasteiger charge is -2.28. The molecule has 8 heteroatoms. The van der Waals surface area contributed by atoms with Crippen molar-refractivity contribution in [3.63, 3.8) is 0 Å². The van der Waals surface area contributed by atoms with Crippen LogP contribution >= 0.6 is 0 Å². The quantitative estimate of drug-likeness (QED) is 0.174. The van der Waals surface area contributed by atoms with Crippen molar-refractivity contribution < 1.29 is 17.7 Å². The Morgan fingerprint density at radius 2 is 0.711 bits per heavy atom. The molecule has 1 unspecified atom stereocenters. The number of aromatic nitrogens is 2. The fourth-order valence-corrected chi connectivity index (χ4v) is 14.6. The second-order valence-electron chi connectivity index (χ2n) is 21.8. The summed E-state index contributed by atoms with van der Waals surface area (Å²) in [5.41, 5.74) is 16.3. The molecule has 8 nitrogen and oxygen atoms in total. The zero-order valence-electron chi connectivity index (χ0n) is 43.9. The number of hydrogen-bond acceptors (Lipinski definition) is 6. The summed E-state index contributed by atoms with van der Waals surface area (Å²) in [7, 11) is 0. The molecule has 83 heavy (non-hydrogen) atoms. The highest BCUT2D eigenvalue weighted by molar-refractivity contribution is 6.25. The van der Waals surface area contributed by atoms with Crippen LogP contribution in [0.4, 0.5) is 0 Å². The molecular weight excluding hydrogens is 1020 g/mol. The average Bonchev–Trinajstić information content (AvgIpc) is 1.76. The van der Waals surface area contributed by atoms with E-state index in [2.05, 4.69) is 173 Å². The van der Waals surface area contributed by atoms with Crippen LogP contribution in [0, 0.1) is 22.7 Å². The van der Waals surface area contributed by atoms with Crippen molar-refractivity contribution in [3.8, 4) is 45.8 Å². The highest BCUT2D eigenvalue weighted by Gasteiger charge is 2.41. The molecule has 0 bridgehead atoms. The van der Waals surface area contributed by atoms with Crippen molar-refractivity contribution in [2.45, 2.75) is 5.92 Å². The Morgan fingerprint density at radius 3 is 1.28 bits per heavy atom. The highest BCUT2D eigenvalue weighted by atomic mass is 16.3. The van der Waals surface area contributed by atoms with Gasteiger partial charge < -0.3 is 26.8 Å². The Kier molecular flexibility index (Phi) is 8.56. The molecule has 0 aliphatic heterocycles. The van der Waals surface area contributed by atoms with Gasteiger partial charge in [0, 0.05) is 92.8 Å². The maximum Gasteiger partial charge on any atom is 0.160 e. The molecule has 18 aromatic rings. The molecule has 382 valence electrons. The van der Waals surface area contributed by atoms with Gasteiger partial charge in [0.05, 0.1) is 44.6 Å². The summed E-state index contributed by atoms with van der Waals surface area (Å²) in [4.78, 5) is 0. The fourth-order valence-electron chi connectivity index (χ4n) is 14.6. The molecule has 0 spiro atoms. The third-order valence-corrected chi connectivity index (χ3v) is 17.9. The monoisotopic (exact) mass is 1060 g/mol. The average molecular weight is 1060 g/mol. The number of hydrogen-bond donors (Lipinski definition) is 0. The number of rotatable bonds is 4. The summed E-state index contributed by atoms with van der Waals surface area (Å²) in [5.74, 6) is -0.685. The summed E-state index contributed by atoms with van der Waals surface area (Å²) >= 11 is 0. The van der Waals surface area contributed by atoms with Gasteiger partial charge in [-0.3, -0.25) is 0 Å². The maximum atomic E-state index is 13.0. The van der Waals surface area contributed by atoms with Gasteiger partial charge in [0.15, 0.2) is 11.2 Å². The Hall–Kier alpha value is -11.6. The molecule has 0 fully saturated rings. The highest BCUT2D eigenvalue weighted by Crippen LogP contribution is 2.58. The van der Waals surface area contributed by atoms with Crippen LogP contribution in [-0.2, 0) is 0 Å². The summed E-state index contributed by atoms with van der Waals surface area (Å²) < 4.78 is 33.0. The van der Waals surface area contributed by atoms with Gasteiger partial charge in [-0.25, -0.2) is 0 Å². The van der Waals surface area contributed by atoms with Crippen LogP contribution < -0.4 is 0 Å². The first-order chi connectivity index (χ1) is 41.1. The van der Waals surface area contributed by atoms with Crippen LogP contribution in [0.5, 0.6) is 0 Å². The molecule has 12 aromatic carbocycles. The third kappa shape index (κ3) is 5.61. The van der Waals surface area contributed by atoms with Crippen LogP contribution in [0.15, 0.2) is 242 Å². The van der Waals surface area contributed by atoms with Crippen molar-refractivity contribution in [1.29, 1.82) is 10.5 Å². The van der Waals surface area contributed by atoms with Crippen LogP contribution in [0.25, 0.3) is 165 Å². The fraction of sp³-hybridized carbons (Fsp3) is 0.0133. The first-order valence-corrected chi connectivity index (χ1v) is 27.8. The van der Waals surface area contributed by atoms with Crippen LogP contribution in [0.1, 0.15) is 33.7 Å². The first-order valence-electron chi connectivity index (χ1n) is 27.8. The zero-order valence-corrected chi connectivity index (χ0v) is 43.9. The lowest BCUT2D eigenvalue weighted by Crippen LogP contribution is -2.16. The number of nitriles is 2. The summed E-state index contributed by atoms with van der Waals surface area (Å²) in [6.07, 6.45) is 0. The first kappa shape index (κ1) is 44.3. The van der Waals surface area contributed by atoms with Crippen molar-refractivity contribution in [1.82, 2.24) is 9.13 Å². The molecule has 0 radical (unpaired) electrons. The van der Waals surface area contributed by atoms with Crippen LogP contribution in [0.2, 0.25) is 0 Å². The van der Waals surface area contributed by atoms with E-state index in [1.165, 1.54) is 0 Å². The van der Waals surface area contributed by atoms with Crippen molar-refractivity contribution >= 4 is 131 Å². The molecule has 0 N–H and O–H groups in total. The molecule has 1 aliphatic rings. The topological polar surface area (TPSA) is 110 Å². The van der Waals surface area contributed by atoms with E-state index in [1.807, 2.05) is 72.8 Å². The van der Waals surface area contributed by atoms with Crippen molar-refractivity contribution in [2.75, 3.05) is 0 Å². The largest absolute Gasteiger partial charge is 0.456 e. The Balaban J connectivity index is 1.12. The summed E-state index contributed by atoms with van der Waals surface area (Å²) in [6, 6.07) is 82.8. The Labute approximate surface area is 470 Å². The summed E-state index contributed by atoms with van der Waals surface area (Å²) in [6.45, 7) is 0. The predicted octanol–water partition coefficient (Wildman–Crippen LogP) is 20.0. The normalized spacial score (nSPS) is 13.4. The zero-order chi connectivity index (χ0) is 54.3. The Bertz CT molecular complexity index is 6060. The minimum Gasteiger partial charge on any atom is -0.456 e. The third-order valence-electron chi connectivity index (χ3n) is 17.9. The predicted molar refractivity (Wildman–Crippen MR) is 332 cm³/mol. The van der Waals surface area contributed by atoms with E-state index in [0.29, 0.717) is 67.1 Å². The number of furan rings is 4. The summed E-state index contributed by atoms with van der Waals surface area (Å²) in [5, 5.41) is 37.2. The molecule has 6 aromatic heterocycles. The van der Waals surface area contributed by atoms with Gasteiger partial charge in [0.2, 0.25) is 0 Å². The Morgan fingerprint density at radius 1 is 0.301 bits per heavy atom. The maximum absolute atomic E-state index is 13.0. The van der Waals surface area contributed by atoms with E-state index < -0.39 is 5.92 Å². The number of para-hydroxylation sites is 7. The van der Waals surface area contributed by atoms with E-state index >= 15 is 0 Å². The van der Waals surface area contributed by atoms with Gasteiger partial charge >= 0.3 is 0 Å². The van der Waals surface area contributed by atoms with E-state index in [9.17, 15) is 10.5 Å². The molecule has 1 aliphatic carbocycles. The van der Waals surface area contributed by atoms with Gasteiger partial charge in [0.1, 0.15) is 45.6 Å². The van der Waals surface area contributed by atoms with E-state index in [1.54, 1.807) is 0 Å². The van der Waals surface area contributed by atoms with Gasteiger partial charge in [-0.15, -0.1) is 0 Å². The molecule has 0 saturated carbocycles. The van der Waals surface area contributed by atoms with E-state index in [4.69, 9.17) is 17.7 Å². The minimum atomic E-state index is -0.685. The van der Waals surface area contributed by atoms with Gasteiger partial charge in [-0.05, 0) is 71.3 Å². The van der Waals surface area contributed by atoms with Crippen molar-refractivity contribution in [2.24, 2.45) is 0 Å². The molecule has 1 atom stereocenters. The molecule has 0 amide bonds. The second kappa shape index (κ2) is 16.0. The second-order valence-corrected chi connectivity index (χ2v) is 21.8. The minimum absolute atomic E-state index is 0.316. The smallest absolute Gasteiger partial charge is 0.160 e. The number of fused-ring (bicyclic) bond motifs is 24. The molecule has 19 rings (SSSR count). The molecule has 6 heterocycles. The number of benzene rings is 12. The SMILES string of the molecule is N#Cc1c(-c2cccc3c2oc2ccccc23)c(-n2c3ccccc3c3ccc4c5ccccc5oc4c32)c(-n2c3ccccc3c3ccc4c5ccccc5oc4c32)c(C#N)c1C1c2ccccc2-c2ccc3c(oc4ccccc43)c21. The standard InChI is InChI=1S/C75H38N4O4/c76-38-56-64(66-47-23-2-1-16-40(47)48-32-35-52-44-20-6-12-29-61(44)81-73(52)67(48)66)57(39-77)68(78-58-26-9-3-17-41(58)49-33-36-53-45-21-7-13-30-62(45)82-74(53)69(49)78)71(65(56)55-25-15-24-51-43-19-5-11-28-60(43)80-72(51)55)79-59-27-10-4-18-42(59)50-34-37-54-46-22-8-14-31-63(46)83-75(54)70(50)79/h1-37,66H. The van der Waals surface area contributed by atoms with E-state index in [0.717, 1.165) is 126 Å². The van der Waals surface area contributed by atoms with Gasteiger partial charge in [-0.2, -0.15) is 10.5 Å².